The number of amides is 1. The van der Waals surface area contributed by atoms with E-state index < -0.39 is 0 Å². The standard InChI is InChI=1S/C19H16N2O2/c22-18(20-15-9-8-13-4-3-5-14(13)12-15)10-11-19-21-16-6-1-2-7-17(16)23-19/h1-2,6-12H,3-5H2,(H,20,22)/b11-10+. The van der Waals surface area contributed by atoms with Gasteiger partial charge in [0.15, 0.2) is 5.58 Å². The number of aromatic nitrogens is 1. The lowest BCUT2D eigenvalue weighted by molar-refractivity contribution is -0.111. The van der Waals surface area contributed by atoms with Crippen molar-refractivity contribution in [3.8, 4) is 0 Å². The fourth-order valence-electron chi connectivity index (χ4n) is 2.94. The van der Waals surface area contributed by atoms with Crippen LogP contribution in [0.25, 0.3) is 17.2 Å². The molecule has 0 aliphatic heterocycles. The summed E-state index contributed by atoms with van der Waals surface area (Å²) in [5.41, 5.74) is 5.06. The number of oxazole rings is 1. The Balaban J connectivity index is 1.47. The molecule has 4 heteroatoms. The van der Waals surface area contributed by atoms with Crippen molar-refractivity contribution >= 4 is 28.8 Å². The van der Waals surface area contributed by atoms with E-state index in [0.717, 1.165) is 24.0 Å². The third kappa shape index (κ3) is 2.88. The van der Waals surface area contributed by atoms with E-state index in [9.17, 15) is 4.79 Å². The van der Waals surface area contributed by atoms with E-state index >= 15 is 0 Å². The van der Waals surface area contributed by atoms with Gasteiger partial charge in [0.2, 0.25) is 11.8 Å². The van der Waals surface area contributed by atoms with Crippen LogP contribution in [0.4, 0.5) is 5.69 Å². The number of hydrogen-bond acceptors (Lipinski definition) is 3. The first kappa shape index (κ1) is 13.8. The molecule has 4 rings (SSSR count). The Morgan fingerprint density at radius 3 is 2.91 bits per heavy atom. The number of rotatable bonds is 3. The summed E-state index contributed by atoms with van der Waals surface area (Å²) in [6, 6.07) is 13.6. The highest BCUT2D eigenvalue weighted by Gasteiger charge is 2.11. The number of anilines is 1. The zero-order chi connectivity index (χ0) is 15.6. The van der Waals surface area contributed by atoms with E-state index in [0.29, 0.717) is 11.5 Å². The Labute approximate surface area is 133 Å². The maximum absolute atomic E-state index is 12.0. The number of carbonyl (C=O) groups excluding carboxylic acids is 1. The van der Waals surface area contributed by atoms with E-state index in [1.54, 1.807) is 6.08 Å². The molecule has 2 aromatic carbocycles. The molecule has 0 spiro atoms. The average molecular weight is 304 g/mol. The van der Waals surface area contributed by atoms with Gasteiger partial charge in [-0.1, -0.05) is 18.2 Å². The van der Waals surface area contributed by atoms with Crippen molar-refractivity contribution in [3.05, 3.63) is 65.6 Å². The molecular weight excluding hydrogens is 288 g/mol. The molecule has 1 aliphatic rings. The van der Waals surface area contributed by atoms with Crippen LogP contribution < -0.4 is 5.32 Å². The predicted octanol–water partition coefficient (Wildman–Crippen LogP) is 3.97. The van der Waals surface area contributed by atoms with Gasteiger partial charge in [-0.05, 0) is 54.7 Å². The van der Waals surface area contributed by atoms with Crippen molar-refractivity contribution in [2.75, 3.05) is 5.32 Å². The highest BCUT2D eigenvalue weighted by atomic mass is 16.3. The number of nitrogens with zero attached hydrogens (tertiary/aromatic N) is 1. The molecule has 0 saturated heterocycles. The number of para-hydroxylation sites is 2. The quantitative estimate of drug-likeness (QED) is 0.745. The zero-order valence-corrected chi connectivity index (χ0v) is 12.6. The number of carbonyl (C=O) groups is 1. The molecule has 1 aromatic heterocycles. The van der Waals surface area contributed by atoms with E-state index in [1.807, 2.05) is 30.3 Å². The van der Waals surface area contributed by atoms with Gasteiger partial charge in [0.25, 0.3) is 0 Å². The summed E-state index contributed by atoms with van der Waals surface area (Å²) < 4.78 is 5.55. The van der Waals surface area contributed by atoms with Gasteiger partial charge in [0.05, 0.1) is 0 Å². The predicted molar refractivity (Wildman–Crippen MR) is 90.1 cm³/mol. The summed E-state index contributed by atoms with van der Waals surface area (Å²) in [6.45, 7) is 0. The first-order valence-electron chi connectivity index (χ1n) is 7.74. The smallest absolute Gasteiger partial charge is 0.248 e. The minimum atomic E-state index is -0.190. The van der Waals surface area contributed by atoms with Gasteiger partial charge < -0.3 is 9.73 Å². The lowest BCUT2D eigenvalue weighted by atomic mass is 10.1. The van der Waals surface area contributed by atoms with Crippen molar-refractivity contribution in [2.24, 2.45) is 0 Å². The molecule has 0 atom stereocenters. The third-order valence-electron chi connectivity index (χ3n) is 4.05. The van der Waals surface area contributed by atoms with E-state index in [4.69, 9.17) is 4.42 Å². The number of hydrogen-bond donors (Lipinski definition) is 1. The van der Waals surface area contributed by atoms with Gasteiger partial charge in [0, 0.05) is 17.8 Å². The van der Waals surface area contributed by atoms with E-state index in [2.05, 4.69) is 22.4 Å². The Morgan fingerprint density at radius 1 is 1.13 bits per heavy atom. The summed E-state index contributed by atoms with van der Waals surface area (Å²) in [4.78, 5) is 16.3. The minimum absolute atomic E-state index is 0.190. The third-order valence-corrected chi connectivity index (χ3v) is 4.05. The molecule has 1 amide bonds. The Morgan fingerprint density at radius 2 is 2.00 bits per heavy atom. The average Bonchev–Trinajstić information content (AvgIpc) is 3.18. The van der Waals surface area contributed by atoms with Crippen LogP contribution in [0.1, 0.15) is 23.4 Å². The Hall–Kier alpha value is -2.88. The maximum atomic E-state index is 12.0. The molecule has 1 N–H and O–H groups in total. The SMILES string of the molecule is O=C(/C=C/c1nc2ccccc2o1)Nc1ccc2c(c1)CCC2. The second-order valence-corrected chi connectivity index (χ2v) is 5.68. The lowest BCUT2D eigenvalue weighted by Gasteiger charge is -2.05. The molecule has 0 saturated carbocycles. The van der Waals surface area contributed by atoms with Gasteiger partial charge in [-0.25, -0.2) is 4.98 Å². The van der Waals surface area contributed by atoms with Gasteiger partial charge >= 0.3 is 0 Å². The highest BCUT2D eigenvalue weighted by Crippen LogP contribution is 2.24. The summed E-state index contributed by atoms with van der Waals surface area (Å²) >= 11 is 0. The molecule has 1 heterocycles. The number of benzene rings is 2. The second-order valence-electron chi connectivity index (χ2n) is 5.68. The van der Waals surface area contributed by atoms with E-state index in [1.165, 1.54) is 23.6 Å². The number of aryl methyl sites for hydroxylation is 2. The summed E-state index contributed by atoms with van der Waals surface area (Å²) in [6.07, 6.45) is 6.46. The van der Waals surface area contributed by atoms with Gasteiger partial charge in [-0.3, -0.25) is 4.79 Å². The molecule has 0 radical (unpaired) electrons. The minimum Gasteiger partial charge on any atom is -0.437 e. The van der Waals surface area contributed by atoms with Crippen molar-refractivity contribution < 1.29 is 9.21 Å². The first-order chi connectivity index (χ1) is 11.3. The number of fused-ring (bicyclic) bond motifs is 2. The van der Waals surface area contributed by atoms with Crippen LogP contribution in [-0.4, -0.2) is 10.9 Å². The lowest BCUT2D eigenvalue weighted by Crippen LogP contribution is -2.08. The molecule has 0 unspecified atom stereocenters. The van der Waals surface area contributed by atoms with Crippen LogP contribution in [0, 0.1) is 0 Å². The normalized spacial score (nSPS) is 13.6. The molecular formula is C19H16N2O2. The van der Waals surface area contributed by atoms with Crippen molar-refractivity contribution in [3.63, 3.8) is 0 Å². The van der Waals surface area contributed by atoms with Crippen LogP contribution in [-0.2, 0) is 17.6 Å². The van der Waals surface area contributed by atoms with Crippen LogP contribution >= 0.6 is 0 Å². The molecule has 23 heavy (non-hydrogen) atoms. The van der Waals surface area contributed by atoms with Crippen molar-refractivity contribution in [1.82, 2.24) is 4.98 Å². The monoisotopic (exact) mass is 304 g/mol. The number of nitrogens with one attached hydrogen (secondary N) is 1. The molecule has 1 aliphatic carbocycles. The first-order valence-corrected chi connectivity index (χ1v) is 7.74. The Bertz CT molecular complexity index is 876. The molecule has 0 fully saturated rings. The molecule has 4 nitrogen and oxygen atoms in total. The van der Waals surface area contributed by atoms with Crippen LogP contribution in [0.3, 0.4) is 0 Å². The zero-order valence-electron chi connectivity index (χ0n) is 12.6. The van der Waals surface area contributed by atoms with Crippen LogP contribution in [0.15, 0.2) is 53.0 Å². The van der Waals surface area contributed by atoms with Crippen molar-refractivity contribution in [1.29, 1.82) is 0 Å². The van der Waals surface area contributed by atoms with Gasteiger partial charge in [0.1, 0.15) is 5.52 Å². The van der Waals surface area contributed by atoms with Crippen molar-refractivity contribution in [2.45, 2.75) is 19.3 Å². The summed E-state index contributed by atoms with van der Waals surface area (Å²) in [7, 11) is 0. The molecule has 114 valence electrons. The van der Waals surface area contributed by atoms with E-state index in [-0.39, 0.29) is 5.91 Å². The highest BCUT2D eigenvalue weighted by molar-refractivity contribution is 6.01. The summed E-state index contributed by atoms with van der Waals surface area (Å²) in [5.74, 6) is 0.237. The topological polar surface area (TPSA) is 55.1 Å². The fraction of sp³-hybridized carbons (Fsp3) is 0.158. The maximum Gasteiger partial charge on any atom is 0.248 e. The van der Waals surface area contributed by atoms with Gasteiger partial charge in [-0.15, -0.1) is 0 Å². The largest absolute Gasteiger partial charge is 0.437 e. The second kappa shape index (κ2) is 5.72. The van der Waals surface area contributed by atoms with Crippen LogP contribution in [0.2, 0.25) is 0 Å². The molecule has 3 aromatic rings. The molecule has 0 bridgehead atoms. The summed E-state index contributed by atoms with van der Waals surface area (Å²) in [5, 5.41) is 2.88. The Kier molecular flexibility index (Phi) is 3.42. The fourth-order valence-corrected chi connectivity index (χ4v) is 2.94. The van der Waals surface area contributed by atoms with Crippen LogP contribution in [0.5, 0.6) is 0 Å². The van der Waals surface area contributed by atoms with Gasteiger partial charge in [-0.2, -0.15) is 0 Å².